The van der Waals surface area contributed by atoms with Crippen LogP contribution in [0.3, 0.4) is 0 Å². The molecule has 0 spiro atoms. The lowest BCUT2D eigenvalue weighted by atomic mass is 10.2. The molecule has 0 unspecified atom stereocenters. The zero-order chi connectivity index (χ0) is 13.6. The van der Waals surface area contributed by atoms with Gasteiger partial charge in [-0.1, -0.05) is 23.7 Å². The van der Waals surface area contributed by atoms with Crippen LogP contribution in [-0.4, -0.2) is 25.8 Å². The van der Waals surface area contributed by atoms with E-state index in [1.165, 1.54) is 10.7 Å². The molecule has 0 aliphatic rings. The van der Waals surface area contributed by atoms with E-state index in [4.69, 9.17) is 16.7 Å². The van der Waals surface area contributed by atoms with Crippen LogP contribution in [0.25, 0.3) is 22.3 Å². The largest absolute Gasteiger partial charge is 0.477 e. The highest BCUT2D eigenvalue weighted by atomic mass is 35.5. The summed E-state index contributed by atoms with van der Waals surface area (Å²) in [6.45, 7) is 0. The number of fused-ring (bicyclic) bond motifs is 1. The van der Waals surface area contributed by atoms with E-state index in [-0.39, 0.29) is 5.69 Å². The van der Waals surface area contributed by atoms with E-state index >= 15 is 0 Å². The average Bonchev–Trinajstić information content (AvgIpc) is 2.93. The van der Waals surface area contributed by atoms with Crippen molar-refractivity contribution in [2.24, 2.45) is 7.05 Å². The predicted octanol–water partition coefficient (Wildman–Crippen LogP) is 2.92. The first-order chi connectivity index (χ1) is 9.06. The Labute approximate surface area is 113 Å². The molecular weight excluding hydrogens is 266 g/mol. The number of rotatable bonds is 2. The molecule has 0 aliphatic carbocycles. The van der Waals surface area contributed by atoms with Crippen molar-refractivity contribution in [1.29, 1.82) is 0 Å². The minimum absolute atomic E-state index is 0.139. The quantitative estimate of drug-likeness (QED) is 0.755. The zero-order valence-electron chi connectivity index (χ0n) is 10.0. The summed E-state index contributed by atoms with van der Waals surface area (Å²) in [5.74, 6) is -1.00. The van der Waals surface area contributed by atoms with E-state index in [9.17, 15) is 4.79 Å². The van der Waals surface area contributed by atoms with Crippen molar-refractivity contribution >= 4 is 28.5 Å². The van der Waals surface area contributed by atoms with Gasteiger partial charge in [0, 0.05) is 18.5 Å². The maximum Gasteiger partial charge on any atom is 0.354 e. The highest BCUT2D eigenvalue weighted by Crippen LogP contribution is 2.28. The van der Waals surface area contributed by atoms with Gasteiger partial charge in [0.05, 0.1) is 16.2 Å². The summed E-state index contributed by atoms with van der Waals surface area (Å²) >= 11 is 6.09. The van der Waals surface area contributed by atoms with Crippen LogP contribution in [0.2, 0.25) is 5.02 Å². The van der Waals surface area contributed by atoms with Crippen LogP contribution < -0.4 is 0 Å². The number of carboxylic acids is 1. The summed E-state index contributed by atoms with van der Waals surface area (Å²) in [5.41, 5.74) is 2.28. The molecule has 2 aromatic heterocycles. The lowest BCUT2D eigenvalue weighted by Crippen LogP contribution is -2.04. The van der Waals surface area contributed by atoms with E-state index in [0.717, 1.165) is 16.6 Å². The molecule has 6 heteroatoms. The first-order valence-corrected chi connectivity index (χ1v) is 5.99. The Morgan fingerprint density at radius 2 is 2.21 bits per heavy atom. The molecule has 0 radical (unpaired) electrons. The van der Waals surface area contributed by atoms with Gasteiger partial charge in [-0.2, -0.15) is 5.10 Å². The van der Waals surface area contributed by atoms with Crippen molar-refractivity contribution in [3.05, 3.63) is 41.0 Å². The second kappa shape index (κ2) is 4.13. The molecule has 0 saturated carbocycles. The summed E-state index contributed by atoms with van der Waals surface area (Å²) in [7, 11) is 1.60. The van der Waals surface area contributed by atoms with Crippen LogP contribution in [0.15, 0.2) is 30.3 Å². The van der Waals surface area contributed by atoms with Crippen LogP contribution >= 0.6 is 11.6 Å². The van der Waals surface area contributed by atoms with Crippen LogP contribution in [0, 0.1) is 0 Å². The zero-order valence-corrected chi connectivity index (χ0v) is 10.8. The van der Waals surface area contributed by atoms with E-state index in [0.29, 0.717) is 10.7 Å². The van der Waals surface area contributed by atoms with Crippen LogP contribution in [0.4, 0.5) is 0 Å². The van der Waals surface area contributed by atoms with Crippen LogP contribution in [0.1, 0.15) is 10.5 Å². The molecule has 0 saturated heterocycles. The van der Waals surface area contributed by atoms with Crippen LogP contribution in [0.5, 0.6) is 0 Å². The number of halogens is 1. The molecular formula is C13H10ClN3O2. The smallest absolute Gasteiger partial charge is 0.354 e. The minimum Gasteiger partial charge on any atom is -0.477 e. The number of benzene rings is 1. The Morgan fingerprint density at radius 1 is 1.42 bits per heavy atom. The number of aryl methyl sites for hydroxylation is 1. The molecule has 0 fully saturated rings. The second-order valence-corrected chi connectivity index (χ2v) is 4.64. The third-order valence-corrected chi connectivity index (χ3v) is 3.30. The SMILES string of the molecule is Cn1nc(-c2cc3cccc(Cl)c3[nH]2)cc1C(=O)O. The van der Waals surface area contributed by atoms with Gasteiger partial charge >= 0.3 is 5.97 Å². The Hall–Kier alpha value is -2.27. The van der Waals surface area contributed by atoms with E-state index < -0.39 is 5.97 Å². The summed E-state index contributed by atoms with van der Waals surface area (Å²) in [4.78, 5) is 14.2. The molecule has 2 heterocycles. The number of aromatic nitrogens is 3. The Bertz CT molecular complexity index is 788. The number of carboxylic acid groups (broad SMARTS) is 1. The number of hydrogen-bond donors (Lipinski definition) is 2. The van der Waals surface area contributed by atoms with Crippen molar-refractivity contribution < 1.29 is 9.90 Å². The summed E-state index contributed by atoms with van der Waals surface area (Å²) in [5, 5.41) is 14.8. The van der Waals surface area contributed by atoms with Crippen molar-refractivity contribution in [1.82, 2.24) is 14.8 Å². The molecule has 96 valence electrons. The van der Waals surface area contributed by atoms with Gasteiger partial charge in [0.1, 0.15) is 11.4 Å². The first kappa shape index (κ1) is 11.8. The van der Waals surface area contributed by atoms with Gasteiger partial charge in [0.2, 0.25) is 0 Å². The molecule has 3 aromatic rings. The van der Waals surface area contributed by atoms with Gasteiger partial charge in [0.25, 0.3) is 0 Å². The molecule has 1 aromatic carbocycles. The van der Waals surface area contributed by atoms with Gasteiger partial charge in [-0.15, -0.1) is 0 Å². The fraction of sp³-hybridized carbons (Fsp3) is 0.0769. The number of aromatic amines is 1. The van der Waals surface area contributed by atoms with E-state index in [1.807, 2.05) is 18.2 Å². The number of H-pyrrole nitrogens is 1. The normalized spacial score (nSPS) is 11.1. The molecule has 0 aliphatic heterocycles. The predicted molar refractivity (Wildman–Crippen MR) is 72.5 cm³/mol. The van der Waals surface area contributed by atoms with Gasteiger partial charge in [-0.05, 0) is 12.1 Å². The Balaban J connectivity index is 2.17. The molecule has 5 nitrogen and oxygen atoms in total. The number of nitrogens with one attached hydrogen (secondary N) is 1. The van der Waals surface area contributed by atoms with E-state index in [1.54, 1.807) is 13.1 Å². The lowest BCUT2D eigenvalue weighted by molar-refractivity contribution is 0.0685. The highest BCUT2D eigenvalue weighted by Gasteiger charge is 2.14. The second-order valence-electron chi connectivity index (χ2n) is 4.23. The van der Waals surface area contributed by atoms with E-state index in [2.05, 4.69) is 10.1 Å². The summed E-state index contributed by atoms with van der Waals surface area (Å²) < 4.78 is 1.34. The molecule has 0 amide bonds. The molecule has 3 rings (SSSR count). The fourth-order valence-electron chi connectivity index (χ4n) is 2.06. The van der Waals surface area contributed by atoms with Gasteiger partial charge < -0.3 is 10.1 Å². The standard InChI is InChI=1S/C13H10ClN3O2/c1-17-11(13(18)19)6-10(16-17)9-5-7-3-2-4-8(14)12(7)15-9/h2-6,15H,1H3,(H,18,19). The molecule has 2 N–H and O–H groups in total. The summed E-state index contributed by atoms with van der Waals surface area (Å²) in [6, 6.07) is 9.02. The molecule has 0 bridgehead atoms. The number of para-hydroxylation sites is 1. The maximum absolute atomic E-state index is 11.0. The fourth-order valence-corrected chi connectivity index (χ4v) is 2.29. The first-order valence-electron chi connectivity index (χ1n) is 5.61. The summed E-state index contributed by atoms with van der Waals surface area (Å²) in [6.07, 6.45) is 0. The van der Waals surface area contributed by atoms with Gasteiger partial charge in [-0.25, -0.2) is 4.79 Å². The van der Waals surface area contributed by atoms with Crippen LogP contribution in [-0.2, 0) is 7.05 Å². The monoisotopic (exact) mass is 275 g/mol. The van der Waals surface area contributed by atoms with Crippen molar-refractivity contribution in [2.45, 2.75) is 0 Å². The minimum atomic E-state index is -1.00. The van der Waals surface area contributed by atoms with Crippen molar-refractivity contribution in [3.63, 3.8) is 0 Å². The van der Waals surface area contributed by atoms with Crippen molar-refractivity contribution in [2.75, 3.05) is 0 Å². The third kappa shape index (κ3) is 1.88. The van der Waals surface area contributed by atoms with Gasteiger partial charge in [0.15, 0.2) is 0 Å². The lowest BCUT2D eigenvalue weighted by Gasteiger charge is -1.92. The maximum atomic E-state index is 11.0. The number of nitrogens with zero attached hydrogens (tertiary/aromatic N) is 2. The van der Waals surface area contributed by atoms with Crippen molar-refractivity contribution in [3.8, 4) is 11.4 Å². The molecule has 19 heavy (non-hydrogen) atoms. The highest BCUT2D eigenvalue weighted by molar-refractivity contribution is 6.35. The van der Waals surface area contributed by atoms with Gasteiger partial charge in [-0.3, -0.25) is 4.68 Å². The Morgan fingerprint density at radius 3 is 2.84 bits per heavy atom. The third-order valence-electron chi connectivity index (χ3n) is 2.98. The topological polar surface area (TPSA) is 70.9 Å². The Kier molecular flexibility index (Phi) is 2.57. The average molecular weight is 276 g/mol. The number of hydrogen-bond acceptors (Lipinski definition) is 2. The number of aromatic carboxylic acids is 1. The molecule has 0 atom stereocenters. The number of carbonyl (C=O) groups is 1.